The molecule has 8 nitrogen and oxygen atoms in total. The van der Waals surface area contributed by atoms with Crippen molar-refractivity contribution < 1.29 is 62.4 Å². The number of hydrogen-bond donors (Lipinski definition) is 0. The number of carbonyl (C=O) groups excluding carboxylic acids is 3. The van der Waals surface area contributed by atoms with Crippen LogP contribution in [0.25, 0.3) is 0 Å². The first-order valence-corrected chi connectivity index (χ1v) is 8.32. The molecule has 1 unspecified atom stereocenters. The van der Waals surface area contributed by atoms with Crippen LogP contribution in [0.4, 0.5) is 0 Å². The third-order valence-electron chi connectivity index (χ3n) is 2.82. The van der Waals surface area contributed by atoms with Gasteiger partial charge in [0.15, 0.2) is 19.2 Å². The maximum Gasteiger partial charge on any atom is 0.362 e. The van der Waals surface area contributed by atoms with Gasteiger partial charge in [0.25, 0.3) is 0 Å². The van der Waals surface area contributed by atoms with Gasteiger partial charge in [-0.3, -0.25) is 4.79 Å². The Balaban J connectivity index is -0.00000288. The predicted octanol–water partition coefficient (Wildman–Crippen LogP) is -5.94. The van der Waals surface area contributed by atoms with E-state index in [1.165, 1.54) is 0 Å². The number of nitrogens with zero attached hydrogens (tertiary/aromatic N) is 2. The smallest absolute Gasteiger partial charge is 0.362 e. The number of ether oxygens (including phenoxy) is 3. The van der Waals surface area contributed by atoms with Gasteiger partial charge in [0.1, 0.15) is 13.2 Å². The predicted molar refractivity (Wildman–Crippen MR) is 92.4 cm³/mol. The Morgan fingerprint density at radius 3 is 1.56 bits per heavy atom. The first-order chi connectivity index (χ1) is 11.2. The van der Waals surface area contributed by atoms with Crippen LogP contribution in [-0.4, -0.2) is 102 Å². The monoisotopic (exact) mass is 432 g/mol. The number of carbonyl (C=O) groups is 3. The number of quaternary nitrogens is 2. The number of halogens is 2. The van der Waals surface area contributed by atoms with Crippen LogP contribution in [0, 0.1) is 5.92 Å². The highest BCUT2D eigenvalue weighted by Crippen LogP contribution is 2.04. The quantitative estimate of drug-likeness (QED) is 0.194. The second kappa shape index (κ2) is 13.1. The van der Waals surface area contributed by atoms with Crippen molar-refractivity contribution >= 4 is 17.9 Å². The molecule has 0 aromatic carbocycles. The fraction of sp³-hybridized carbons (Fsp3) is 0.824. The Morgan fingerprint density at radius 1 is 0.741 bits per heavy atom. The van der Waals surface area contributed by atoms with E-state index in [1.807, 2.05) is 42.3 Å². The summed E-state index contributed by atoms with van der Waals surface area (Å²) in [6, 6.07) is 0. The Hall–Kier alpha value is -1.09. The molecule has 1 atom stereocenters. The largest absolute Gasteiger partial charge is 1.00 e. The maximum atomic E-state index is 12.0. The minimum Gasteiger partial charge on any atom is -1.00 e. The van der Waals surface area contributed by atoms with Crippen molar-refractivity contribution in [3.05, 3.63) is 0 Å². The summed E-state index contributed by atoms with van der Waals surface area (Å²) < 4.78 is 16.4. The summed E-state index contributed by atoms with van der Waals surface area (Å²) in [6.07, 6.45) is -0.821. The molecule has 0 heterocycles. The zero-order valence-electron chi connectivity index (χ0n) is 17.6. The van der Waals surface area contributed by atoms with Crippen molar-refractivity contribution in [3.63, 3.8) is 0 Å². The van der Waals surface area contributed by atoms with E-state index >= 15 is 0 Å². The Morgan fingerprint density at radius 2 is 1.15 bits per heavy atom. The van der Waals surface area contributed by atoms with Gasteiger partial charge < -0.3 is 48.0 Å². The summed E-state index contributed by atoms with van der Waals surface area (Å²) in [5, 5.41) is 0. The molecule has 0 spiro atoms. The summed E-state index contributed by atoms with van der Waals surface area (Å²) in [6.45, 7) is 3.47. The average Bonchev–Trinajstić information content (AvgIpc) is 2.37. The maximum absolute atomic E-state index is 12.0. The van der Waals surface area contributed by atoms with E-state index in [9.17, 15) is 14.4 Å². The molecule has 0 rings (SSSR count). The van der Waals surface area contributed by atoms with Crippen LogP contribution in [0.3, 0.4) is 0 Å². The van der Waals surface area contributed by atoms with Crippen molar-refractivity contribution in [2.24, 2.45) is 5.92 Å². The molecular formula is C17H34Cl2N2O6. The van der Waals surface area contributed by atoms with E-state index < -0.39 is 24.0 Å². The number of hydrogen-bond acceptors (Lipinski definition) is 6. The molecule has 0 aromatic rings. The zero-order valence-corrected chi connectivity index (χ0v) is 19.1. The first-order valence-electron chi connectivity index (χ1n) is 8.32. The van der Waals surface area contributed by atoms with Gasteiger partial charge in [0.2, 0.25) is 0 Å². The van der Waals surface area contributed by atoms with Crippen molar-refractivity contribution in [1.82, 2.24) is 0 Å². The molecular weight excluding hydrogens is 399 g/mol. The summed E-state index contributed by atoms with van der Waals surface area (Å²) in [7, 11) is 11.2. The standard InChI is InChI=1S/C17H34N2O6.2ClH/c1-13(2)17(22)24-12-14(25-16(21)10-19(6,7)8)11-23-15(20)9-18(3,4)5;;/h13-14H,9-12H2,1-8H3;2*1H/q+2;;/p-2. The highest BCUT2D eigenvalue weighted by molar-refractivity contribution is 5.72. The molecule has 0 aliphatic heterocycles. The van der Waals surface area contributed by atoms with Gasteiger partial charge in [-0.2, -0.15) is 0 Å². The van der Waals surface area contributed by atoms with Crippen molar-refractivity contribution in [2.45, 2.75) is 20.0 Å². The normalized spacial score (nSPS) is 12.3. The Kier molecular flexibility index (Phi) is 14.9. The Bertz CT molecular complexity index is 473. The molecule has 0 amide bonds. The van der Waals surface area contributed by atoms with Gasteiger partial charge in [-0.25, -0.2) is 9.59 Å². The molecule has 0 N–H and O–H groups in total. The van der Waals surface area contributed by atoms with Crippen LogP contribution in [0.1, 0.15) is 13.8 Å². The van der Waals surface area contributed by atoms with E-state index in [1.54, 1.807) is 13.8 Å². The van der Waals surface area contributed by atoms with Crippen LogP contribution in [0.15, 0.2) is 0 Å². The molecule has 0 aliphatic rings. The van der Waals surface area contributed by atoms with Gasteiger partial charge in [-0.15, -0.1) is 0 Å². The third kappa shape index (κ3) is 18.1. The second-order valence-corrected chi connectivity index (χ2v) is 8.48. The van der Waals surface area contributed by atoms with Crippen molar-refractivity contribution in [1.29, 1.82) is 0 Å². The molecule has 162 valence electrons. The van der Waals surface area contributed by atoms with Gasteiger partial charge >= 0.3 is 17.9 Å². The highest BCUT2D eigenvalue weighted by atomic mass is 35.5. The first kappa shape index (κ1) is 30.6. The molecule has 0 fully saturated rings. The molecule has 0 radical (unpaired) electrons. The van der Waals surface area contributed by atoms with Gasteiger partial charge in [-0.1, -0.05) is 13.8 Å². The lowest BCUT2D eigenvalue weighted by Crippen LogP contribution is -3.00. The minimum absolute atomic E-state index is 0. The fourth-order valence-corrected chi connectivity index (χ4v) is 1.69. The zero-order chi connectivity index (χ0) is 19.8. The number of esters is 3. The molecule has 0 saturated carbocycles. The van der Waals surface area contributed by atoms with Gasteiger partial charge in [-0.05, 0) is 0 Å². The SMILES string of the molecule is CC(C)C(=O)OCC(COC(=O)C[N+](C)(C)C)OC(=O)C[N+](C)(C)C.[Cl-].[Cl-]. The Labute approximate surface area is 175 Å². The van der Waals surface area contributed by atoms with Crippen LogP contribution in [0.5, 0.6) is 0 Å². The topological polar surface area (TPSA) is 78.9 Å². The summed E-state index contributed by atoms with van der Waals surface area (Å²) >= 11 is 0. The third-order valence-corrected chi connectivity index (χ3v) is 2.82. The van der Waals surface area contributed by atoms with E-state index in [2.05, 4.69) is 0 Å². The van der Waals surface area contributed by atoms with Crippen LogP contribution in [0.2, 0.25) is 0 Å². The lowest BCUT2D eigenvalue weighted by molar-refractivity contribution is -0.863. The van der Waals surface area contributed by atoms with E-state index in [0.29, 0.717) is 8.97 Å². The minimum atomic E-state index is -0.821. The van der Waals surface area contributed by atoms with Crippen LogP contribution in [-0.2, 0) is 28.6 Å². The lowest BCUT2D eigenvalue weighted by Gasteiger charge is -2.25. The molecule has 0 aromatic heterocycles. The number of likely N-dealkylation sites (N-methyl/N-ethyl adjacent to an activating group) is 2. The summed E-state index contributed by atoms with van der Waals surface area (Å²) in [4.78, 5) is 35.4. The van der Waals surface area contributed by atoms with E-state index in [4.69, 9.17) is 14.2 Å². The highest BCUT2D eigenvalue weighted by Gasteiger charge is 2.24. The van der Waals surface area contributed by atoms with Crippen LogP contribution >= 0.6 is 0 Å². The molecule has 27 heavy (non-hydrogen) atoms. The van der Waals surface area contributed by atoms with Gasteiger partial charge in [0.05, 0.1) is 48.2 Å². The van der Waals surface area contributed by atoms with Crippen LogP contribution < -0.4 is 24.8 Å². The van der Waals surface area contributed by atoms with Gasteiger partial charge in [0, 0.05) is 0 Å². The average molecular weight is 433 g/mol. The lowest BCUT2D eigenvalue weighted by atomic mass is 10.2. The fourth-order valence-electron chi connectivity index (χ4n) is 1.69. The second-order valence-electron chi connectivity index (χ2n) is 8.48. The molecule has 0 saturated heterocycles. The molecule has 0 aliphatic carbocycles. The van der Waals surface area contributed by atoms with Crippen molar-refractivity contribution in [3.8, 4) is 0 Å². The molecule has 0 bridgehead atoms. The van der Waals surface area contributed by atoms with E-state index in [-0.39, 0.29) is 57.0 Å². The van der Waals surface area contributed by atoms with Crippen molar-refractivity contribution in [2.75, 3.05) is 68.6 Å². The molecule has 10 heteroatoms. The van der Waals surface area contributed by atoms with E-state index in [0.717, 1.165) is 0 Å². The summed E-state index contributed by atoms with van der Waals surface area (Å²) in [5.41, 5.74) is 0. The summed E-state index contributed by atoms with van der Waals surface area (Å²) in [5.74, 6) is -1.54. The number of rotatable bonds is 10.